The minimum Gasteiger partial charge on any atom is -0.452 e. The summed E-state index contributed by atoms with van der Waals surface area (Å²) < 4.78 is 4.88. The number of primary amides is 1. The van der Waals surface area contributed by atoms with Crippen LogP contribution in [0.5, 0.6) is 0 Å². The quantitative estimate of drug-likeness (QED) is 0.294. The first-order valence-corrected chi connectivity index (χ1v) is 7.16. The number of hydrogen-bond donors (Lipinski definition) is 4. The summed E-state index contributed by atoms with van der Waals surface area (Å²) in [5, 5.41) is 2.42. The molecule has 0 saturated carbocycles. The van der Waals surface area contributed by atoms with Crippen LogP contribution in [0.15, 0.2) is 29.3 Å². The number of nitrogens with two attached hydrogens (primary N) is 3. The lowest BCUT2D eigenvalue weighted by Crippen LogP contribution is -2.48. The summed E-state index contributed by atoms with van der Waals surface area (Å²) in [5.41, 5.74) is 16.4. The molecule has 24 heavy (non-hydrogen) atoms. The van der Waals surface area contributed by atoms with Crippen LogP contribution in [-0.2, 0) is 14.3 Å². The Morgan fingerprint density at radius 1 is 1.12 bits per heavy atom. The van der Waals surface area contributed by atoms with Gasteiger partial charge in [0.1, 0.15) is 6.04 Å². The Labute approximate surface area is 139 Å². The molecule has 0 aliphatic heterocycles. The van der Waals surface area contributed by atoms with Gasteiger partial charge in [-0.25, -0.2) is 9.79 Å². The van der Waals surface area contributed by atoms with Crippen molar-refractivity contribution in [2.24, 2.45) is 28.1 Å². The number of aliphatic imine (C=N–C) groups is 1. The normalized spacial score (nSPS) is 11.5. The van der Waals surface area contributed by atoms with E-state index < -0.39 is 30.4 Å². The van der Waals surface area contributed by atoms with Crippen molar-refractivity contribution in [3.8, 4) is 0 Å². The number of carbonyl (C=O) groups excluding carboxylic acids is 3. The number of nitrogens with zero attached hydrogens (tertiary/aromatic N) is 1. The number of rotatable bonds is 7. The fourth-order valence-corrected chi connectivity index (χ4v) is 1.82. The first-order valence-electron chi connectivity index (χ1n) is 7.16. The van der Waals surface area contributed by atoms with E-state index in [0.29, 0.717) is 5.69 Å². The molecule has 1 aromatic rings. The average Bonchev–Trinajstić information content (AvgIpc) is 2.49. The van der Waals surface area contributed by atoms with Crippen LogP contribution in [0.3, 0.4) is 0 Å². The molecule has 1 aromatic carbocycles. The smallest absolute Gasteiger partial charge is 0.338 e. The highest BCUT2D eigenvalue weighted by Gasteiger charge is 2.22. The number of ether oxygens (including phenoxy) is 1. The van der Waals surface area contributed by atoms with Crippen molar-refractivity contribution in [1.29, 1.82) is 0 Å². The van der Waals surface area contributed by atoms with Crippen LogP contribution in [0, 0.1) is 5.92 Å². The number of carbonyl (C=O) groups is 3. The van der Waals surface area contributed by atoms with E-state index in [-0.39, 0.29) is 17.4 Å². The van der Waals surface area contributed by atoms with E-state index in [1.807, 2.05) is 0 Å². The Hall–Kier alpha value is -3.10. The Balaban J connectivity index is 2.58. The van der Waals surface area contributed by atoms with E-state index in [1.165, 1.54) is 24.3 Å². The molecule has 9 heteroatoms. The van der Waals surface area contributed by atoms with Crippen molar-refractivity contribution in [2.45, 2.75) is 19.9 Å². The zero-order valence-corrected chi connectivity index (χ0v) is 13.5. The standard InChI is InChI=1S/C15H21N5O4/c1-8(2)12(13(16)22)20-11(21)7-24-14(23)9-3-5-10(6-4-9)19-15(17)18/h3-6,8,12H,7H2,1-2H3,(H2,16,22)(H,20,21)(H4,17,18,19). The molecule has 0 saturated heterocycles. The van der Waals surface area contributed by atoms with Gasteiger partial charge in [0.15, 0.2) is 12.6 Å². The highest BCUT2D eigenvalue weighted by Crippen LogP contribution is 2.13. The molecule has 0 radical (unpaired) electrons. The maximum atomic E-state index is 11.9. The molecule has 1 unspecified atom stereocenters. The third-order valence-corrected chi connectivity index (χ3v) is 2.99. The van der Waals surface area contributed by atoms with E-state index in [0.717, 1.165) is 0 Å². The van der Waals surface area contributed by atoms with Crippen LogP contribution in [0.25, 0.3) is 0 Å². The number of amides is 2. The Morgan fingerprint density at radius 2 is 1.71 bits per heavy atom. The molecule has 0 aliphatic carbocycles. The first kappa shape index (κ1) is 18.9. The molecule has 0 heterocycles. The fraction of sp³-hybridized carbons (Fsp3) is 0.333. The molecule has 130 valence electrons. The van der Waals surface area contributed by atoms with Gasteiger partial charge in [-0.2, -0.15) is 0 Å². The molecule has 0 spiro atoms. The second-order valence-corrected chi connectivity index (χ2v) is 5.35. The molecule has 0 bridgehead atoms. The summed E-state index contributed by atoms with van der Waals surface area (Å²) in [4.78, 5) is 38.6. The minimum atomic E-state index is -0.824. The maximum absolute atomic E-state index is 11.9. The van der Waals surface area contributed by atoms with Crippen molar-refractivity contribution >= 4 is 29.4 Å². The van der Waals surface area contributed by atoms with Crippen LogP contribution < -0.4 is 22.5 Å². The molecule has 0 aliphatic rings. The van der Waals surface area contributed by atoms with Crippen molar-refractivity contribution in [2.75, 3.05) is 6.61 Å². The predicted molar refractivity (Wildman–Crippen MR) is 88.2 cm³/mol. The largest absolute Gasteiger partial charge is 0.452 e. The van der Waals surface area contributed by atoms with E-state index >= 15 is 0 Å². The van der Waals surface area contributed by atoms with Gasteiger partial charge < -0.3 is 27.3 Å². The second kappa shape index (κ2) is 8.51. The Kier molecular flexibility index (Phi) is 6.72. The number of esters is 1. The Morgan fingerprint density at radius 3 is 2.17 bits per heavy atom. The van der Waals surface area contributed by atoms with E-state index in [2.05, 4.69) is 10.3 Å². The summed E-state index contributed by atoms with van der Waals surface area (Å²) in [6, 6.07) is 5.15. The molecular weight excluding hydrogens is 314 g/mol. The first-order chi connectivity index (χ1) is 11.2. The topological polar surface area (TPSA) is 163 Å². The summed E-state index contributed by atoms with van der Waals surface area (Å²) in [7, 11) is 0. The van der Waals surface area contributed by atoms with Gasteiger partial charge in [-0.1, -0.05) is 13.8 Å². The summed E-state index contributed by atoms with van der Waals surface area (Å²) in [5.74, 6) is -2.24. The molecule has 7 N–H and O–H groups in total. The van der Waals surface area contributed by atoms with Crippen LogP contribution in [-0.4, -0.2) is 36.4 Å². The third-order valence-electron chi connectivity index (χ3n) is 2.99. The molecule has 1 rings (SSSR count). The molecule has 0 aromatic heterocycles. The van der Waals surface area contributed by atoms with Gasteiger partial charge in [0, 0.05) is 0 Å². The summed E-state index contributed by atoms with van der Waals surface area (Å²) in [6.45, 7) is 2.95. The number of hydrogen-bond acceptors (Lipinski definition) is 5. The van der Waals surface area contributed by atoms with Gasteiger partial charge in [0.05, 0.1) is 11.3 Å². The van der Waals surface area contributed by atoms with Gasteiger partial charge >= 0.3 is 5.97 Å². The Bertz CT molecular complexity index is 636. The van der Waals surface area contributed by atoms with Crippen LogP contribution >= 0.6 is 0 Å². The number of benzene rings is 1. The van der Waals surface area contributed by atoms with Crippen LogP contribution in [0.2, 0.25) is 0 Å². The van der Waals surface area contributed by atoms with Gasteiger partial charge in [0.2, 0.25) is 5.91 Å². The number of guanidine groups is 1. The van der Waals surface area contributed by atoms with E-state index in [1.54, 1.807) is 13.8 Å². The highest BCUT2D eigenvalue weighted by atomic mass is 16.5. The van der Waals surface area contributed by atoms with E-state index in [4.69, 9.17) is 21.9 Å². The van der Waals surface area contributed by atoms with Crippen LogP contribution in [0.4, 0.5) is 5.69 Å². The van der Waals surface area contributed by atoms with Gasteiger partial charge in [-0.3, -0.25) is 9.59 Å². The van der Waals surface area contributed by atoms with Crippen molar-refractivity contribution in [1.82, 2.24) is 5.32 Å². The molecule has 0 fully saturated rings. The zero-order valence-electron chi connectivity index (χ0n) is 13.5. The monoisotopic (exact) mass is 335 g/mol. The summed E-state index contributed by atoms with van der Waals surface area (Å²) >= 11 is 0. The number of nitrogens with one attached hydrogen (secondary N) is 1. The van der Waals surface area contributed by atoms with E-state index in [9.17, 15) is 14.4 Å². The minimum absolute atomic E-state index is 0.101. The highest BCUT2D eigenvalue weighted by molar-refractivity contribution is 5.92. The molecular formula is C15H21N5O4. The molecule has 2 amide bonds. The lowest BCUT2D eigenvalue weighted by Gasteiger charge is -2.18. The van der Waals surface area contributed by atoms with Crippen molar-refractivity contribution in [3.63, 3.8) is 0 Å². The lowest BCUT2D eigenvalue weighted by molar-refractivity contribution is -0.130. The maximum Gasteiger partial charge on any atom is 0.338 e. The van der Waals surface area contributed by atoms with Crippen LogP contribution in [0.1, 0.15) is 24.2 Å². The van der Waals surface area contributed by atoms with Crippen molar-refractivity contribution in [3.05, 3.63) is 29.8 Å². The lowest BCUT2D eigenvalue weighted by atomic mass is 10.0. The fourth-order valence-electron chi connectivity index (χ4n) is 1.82. The van der Waals surface area contributed by atoms with Crippen molar-refractivity contribution < 1.29 is 19.1 Å². The third kappa shape index (κ3) is 5.95. The SMILES string of the molecule is CC(C)C(NC(=O)COC(=O)c1ccc(N=C(N)N)cc1)C(N)=O. The zero-order chi connectivity index (χ0) is 18.3. The predicted octanol–water partition coefficient (Wildman–Crippen LogP) is -0.626. The average molecular weight is 335 g/mol. The van der Waals surface area contributed by atoms with Gasteiger partial charge in [-0.05, 0) is 30.2 Å². The van der Waals surface area contributed by atoms with Gasteiger partial charge in [-0.15, -0.1) is 0 Å². The molecule has 1 atom stereocenters. The second-order valence-electron chi connectivity index (χ2n) is 5.35. The van der Waals surface area contributed by atoms with Gasteiger partial charge in [0.25, 0.3) is 5.91 Å². The molecule has 9 nitrogen and oxygen atoms in total. The summed E-state index contributed by atoms with van der Waals surface area (Å²) in [6.07, 6.45) is 0.